The zero-order valence-electron chi connectivity index (χ0n) is 12.0. The molecule has 22 heavy (non-hydrogen) atoms. The maximum atomic E-state index is 6.22. The quantitative estimate of drug-likeness (QED) is 0.508. The van der Waals surface area contributed by atoms with Crippen LogP contribution in [0.1, 0.15) is 5.56 Å². The molecule has 0 aliphatic heterocycles. The summed E-state index contributed by atoms with van der Waals surface area (Å²) in [5, 5.41) is 0.675. The molecule has 0 amide bonds. The van der Waals surface area contributed by atoms with Gasteiger partial charge in [0.05, 0.1) is 5.02 Å². The number of aryl methyl sites for hydroxylation is 1. The first kappa shape index (κ1) is 13.2. The van der Waals surface area contributed by atoms with Crippen LogP contribution in [0.4, 0.5) is 0 Å². The van der Waals surface area contributed by atoms with Crippen molar-refractivity contribution in [3.05, 3.63) is 71.5 Å². The topological polar surface area (TPSA) is 30.4 Å². The van der Waals surface area contributed by atoms with Gasteiger partial charge in [-0.15, -0.1) is 0 Å². The second kappa shape index (κ2) is 5.04. The molecule has 3 aromatic heterocycles. The van der Waals surface area contributed by atoms with E-state index in [1.807, 2.05) is 59.3 Å². The summed E-state index contributed by atoms with van der Waals surface area (Å²) in [6.45, 7) is 2.05. The lowest BCUT2D eigenvalue weighted by Crippen LogP contribution is -1.81. The van der Waals surface area contributed by atoms with Gasteiger partial charge in [0, 0.05) is 18.0 Å². The fraction of sp³-hybridized carbons (Fsp3) is 0.0556. The number of halogens is 1. The van der Waals surface area contributed by atoms with E-state index in [9.17, 15) is 0 Å². The molecule has 108 valence electrons. The first-order valence-electron chi connectivity index (χ1n) is 7.01. The van der Waals surface area contributed by atoms with Crippen LogP contribution in [0.5, 0.6) is 0 Å². The van der Waals surface area contributed by atoms with Crippen molar-refractivity contribution < 1.29 is 4.42 Å². The molecule has 0 aliphatic rings. The Balaban J connectivity index is 1.78. The van der Waals surface area contributed by atoms with Crippen molar-refractivity contribution in [1.29, 1.82) is 0 Å². The van der Waals surface area contributed by atoms with Crippen molar-refractivity contribution in [3.8, 4) is 22.8 Å². The molecule has 0 fully saturated rings. The summed E-state index contributed by atoms with van der Waals surface area (Å²) < 4.78 is 7.92. The van der Waals surface area contributed by atoms with Crippen LogP contribution in [-0.4, -0.2) is 9.38 Å². The highest BCUT2D eigenvalue weighted by Gasteiger charge is 2.12. The number of nitrogens with zero attached hydrogens (tertiary/aromatic N) is 2. The van der Waals surface area contributed by atoms with Crippen LogP contribution in [0.3, 0.4) is 0 Å². The van der Waals surface area contributed by atoms with Gasteiger partial charge < -0.3 is 8.82 Å². The van der Waals surface area contributed by atoms with E-state index < -0.39 is 0 Å². The van der Waals surface area contributed by atoms with Gasteiger partial charge in [0.15, 0.2) is 5.76 Å². The molecule has 0 saturated heterocycles. The minimum absolute atomic E-state index is 0.675. The highest BCUT2D eigenvalue weighted by Crippen LogP contribution is 2.32. The number of benzene rings is 1. The predicted octanol–water partition coefficient (Wildman–Crippen LogP) is 5.22. The lowest BCUT2D eigenvalue weighted by Gasteiger charge is -1.99. The number of furan rings is 1. The van der Waals surface area contributed by atoms with Gasteiger partial charge in [0.1, 0.15) is 17.1 Å². The lowest BCUT2D eigenvalue weighted by atomic mass is 10.2. The first-order chi connectivity index (χ1) is 10.7. The summed E-state index contributed by atoms with van der Waals surface area (Å²) in [6.07, 6.45) is 3.96. The van der Waals surface area contributed by atoms with Crippen molar-refractivity contribution in [1.82, 2.24) is 9.38 Å². The molecule has 0 radical (unpaired) electrons. The summed E-state index contributed by atoms with van der Waals surface area (Å²) in [6, 6.07) is 15.6. The highest BCUT2D eigenvalue weighted by molar-refractivity contribution is 6.33. The van der Waals surface area contributed by atoms with Gasteiger partial charge in [-0.1, -0.05) is 23.7 Å². The molecule has 4 aromatic rings. The van der Waals surface area contributed by atoms with Crippen LogP contribution in [0.15, 0.2) is 65.3 Å². The number of hydrogen-bond donors (Lipinski definition) is 0. The van der Waals surface area contributed by atoms with Crippen molar-refractivity contribution in [3.63, 3.8) is 0 Å². The van der Waals surface area contributed by atoms with Gasteiger partial charge in [-0.25, -0.2) is 4.98 Å². The van der Waals surface area contributed by atoms with E-state index >= 15 is 0 Å². The molecule has 0 bridgehead atoms. The first-order valence-corrected chi connectivity index (χ1v) is 7.39. The third kappa shape index (κ3) is 2.20. The summed E-state index contributed by atoms with van der Waals surface area (Å²) in [7, 11) is 0. The molecular weight excluding hydrogens is 296 g/mol. The smallest absolute Gasteiger partial charge is 0.154 e. The molecule has 3 heterocycles. The Labute approximate surface area is 132 Å². The summed E-state index contributed by atoms with van der Waals surface area (Å²) >= 11 is 6.22. The standard InChI is InChI=1S/C18H13ClN2O/c1-12-8-9-21-11-15(20-18(21)10-12)17-7-6-16(22-17)13-4-2-3-5-14(13)19/h2-11H,1H3. The van der Waals surface area contributed by atoms with E-state index in [4.69, 9.17) is 16.0 Å². The summed E-state index contributed by atoms with van der Waals surface area (Å²) in [5.74, 6) is 1.48. The van der Waals surface area contributed by atoms with Crippen molar-refractivity contribution in [2.24, 2.45) is 0 Å². The van der Waals surface area contributed by atoms with E-state index in [0.29, 0.717) is 5.02 Å². The van der Waals surface area contributed by atoms with E-state index in [1.165, 1.54) is 5.56 Å². The minimum atomic E-state index is 0.675. The lowest BCUT2D eigenvalue weighted by molar-refractivity contribution is 0.595. The van der Waals surface area contributed by atoms with E-state index in [1.54, 1.807) is 0 Å². The average molecular weight is 309 g/mol. The van der Waals surface area contributed by atoms with Crippen LogP contribution in [0, 0.1) is 6.92 Å². The molecule has 4 rings (SSSR count). The third-order valence-corrected chi connectivity index (χ3v) is 3.94. The van der Waals surface area contributed by atoms with Gasteiger partial charge >= 0.3 is 0 Å². The largest absolute Gasteiger partial charge is 0.454 e. The molecule has 0 aliphatic carbocycles. The molecule has 0 N–H and O–H groups in total. The van der Waals surface area contributed by atoms with E-state index in [0.717, 1.165) is 28.4 Å². The Kier molecular flexibility index (Phi) is 3.01. The number of pyridine rings is 1. The number of fused-ring (bicyclic) bond motifs is 1. The van der Waals surface area contributed by atoms with E-state index in [2.05, 4.69) is 18.0 Å². The maximum absolute atomic E-state index is 6.22. The molecule has 0 unspecified atom stereocenters. The average Bonchev–Trinajstić information content (AvgIpc) is 3.13. The fourth-order valence-corrected chi connectivity index (χ4v) is 2.71. The predicted molar refractivity (Wildman–Crippen MR) is 88.1 cm³/mol. The van der Waals surface area contributed by atoms with Gasteiger partial charge in [-0.05, 0) is 48.9 Å². The molecule has 0 atom stereocenters. The van der Waals surface area contributed by atoms with Gasteiger partial charge in [-0.3, -0.25) is 0 Å². The molecule has 0 saturated carbocycles. The minimum Gasteiger partial charge on any atom is -0.454 e. The van der Waals surface area contributed by atoms with Crippen LogP contribution in [0.25, 0.3) is 28.4 Å². The number of aromatic nitrogens is 2. The molecule has 4 heteroatoms. The summed E-state index contributed by atoms with van der Waals surface area (Å²) in [5.41, 5.74) is 3.78. The number of rotatable bonds is 2. The van der Waals surface area contributed by atoms with Crippen molar-refractivity contribution in [2.75, 3.05) is 0 Å². The molecule has 1 aromatic carbocycles. The van der Waals surface area contributed by atoms with Crippen LogP contribution in [-0.2, 0) is 0 Å². The Morgan fingerprint density at radius 2 is 1.86 bits per heavy atom. The molecule has 3 nitrogen and oxygen atoms in total. The Morgan fingerprint density at radius 1 is 1.05 bits per heavy atom. The van der Waals surface area contributed by atoms with Crippen molar-refractivity contribution >= 4 is 17.2 Å². The highest BCUT2D eigenvalue weighted by atomic mass is 35.5. The van der Waals surface area contributed by atoms with Crippen LogP contribution >= 0.6 is 11.6 Å². The van der Waals surface area contributed by atoms with Crippen LogP contribution in [0.2, 0.25) is 5.02 Å². The Bertz CT molecular complexity index is 968. The Hall–Kier alpha value is -2.52. The fourth-order valence-electron chi connectivity index (χ4n) is 2.48. The van der Waals surface area contributed by atoms with Gasteiger partial charge in [0.25, 0.3) is 0 Å². The Morgan fingerprint density at radius 3 is 2.73 bits per heavy atom. The second-order valence-electron chi connectivity index (χ2n) is 5.24. The van der Waals surface area contributed by atoms with Crippen molar-refractivity contribution in [2.45, 2.75) is 6.92 Å². The number of hydrogen-bond acceptors (Lipinski definition) is 2. The van der Waals surface area contributed by atoms with E-state index in [-0.39, 0.29) is 0 Å². The number of imidazole rings is 1. The normalized spacial score (nSPS) is 11.2. The SMILES string of the molecule is Cc1ccn2cc(-c3ccc(-c4ccccc4Cl)o3)nc2c1. The maximum Gasteiger partial charge on any atom is 0.154 e. The molecular formula is C18H13ClN2O. The second-order valence-corrected chi connectivity index (χ2v) is 5.65. The monoisotopic (exact) mass is 308 g/mol. The summed E-state index contributed by atoms with van der Waals surface area (Å²) in [4.78, 5) is 4.61. The molecule has 0 spiro atoms. The third-order valence-electron chi connectivity index (χ3n) is 3.61. The zero-order valence-corrected chi connectivity index (χ0v) is 12.7. The van der Waals surface area contributed by atoms with Gasteiger partial charge in [0.2, 0.25) is 0 Å². The van der Waals surface area contributed by atoms with Gasteiger partial charge in [-0.2, -0.15) is 0 Å². The zero-order chi connectivity index (χ0) is 15.1. The van der Waals surface area contributed by atoms with Crippen LogP contribution < -0.4 is 0 Å².